The van der Waals surface area contributed by atoms with Gasteiger partial charge in [0.1, 0.15) is 0 Å². The van der Waals surface area contributed by atoms with E-state index in [1.807, 2.05) is 25.1 Å². The zero-order chi connectivity index (χ0) is 22.0. The van der Waals surface area contributed by atoms with Gasteiger partial charge in [-0.25, -0.2) is 0 Å². The number of fused-ring (bicyclic) bond motifs is 1. The van der Waals surface area contributed by atoms with E-state index in [0.29, 0.717) is 16.8 Å². The molecule has 0 saturated heterocycles. The monoisotopic (exact) mass is 417 g/mol. The number of benzene rings is 2. The fourth-order valence-electron chi connectivity index (χ4n) is 3.11. The number of nitrogens with one attached hydrogen (secondary N) is 2. The summed E-state index contributed by atoms with van der Waals surface area (Å²) in [4.78, 5) is 42.7. The number of carbonyl (C=O) groups excluding carboxylic acids is 2. The van der Waals surface area contributed by atoms with Gasteiger partial charge in [-0.15, -0.1) is 0 Å². The van der Waals surface area contributed by atoms with Crippen LogP contribution in [0.15, 0.2) is 57.8 Å². The highest BCUT2D eigenvalue weighted by Crippen LogP contribution is 2.19. The molecular weight excluding hydrogens is 398 g/mol. The fraction of sp³-hybridized carbons (Fsp3) is 0.136. The van der Waals surface area contributed by atoms with Crippen LogP contribution in [0.5, 0.6) is 0 Å². The minimum absolute atomic E-state index is 0.104. The van der Waals surface area contributed by atoms with E-state index in [4.69, 9.17) is 10.3 Å². The molecule has 0 atom stereocenters. The van der Waals surface area contributed by atoms with Crippen LogP contribution in [0.25, 0.3) is 22.3 Å². The molecule has 0 fully saturated rings. The molecule has 0 aliphatic carbocycles. The predicted octanol–water partition coefficient (Wildman–Crippen LogP) is 2.56. The number of hydrogen-bond donors (Lipinski definition) is 3. The lowest BCUT2D eigenvalue weighted by atomic mass is 10.1. The van der Waals surface area contributed by atoms with Crippen LogP contribution < -0.4 is 16.6 Å². The molecule has 0 bridgehead atoms. The Bertz CT molecular complexity index is 1340. The Labute approximate surface area is 176 Å². The van der Waals surface area contributed by atoms with E-state index in [2.05, 4.69) is 20.4 Å². The van der Waals surface area contributed by atoms with Crippen molar-refractivity contribution in [2.24, 2.45) is 5.73 Å². The molecule has 0 spiro atoms. The number of H-pyrrole nitrogens is 1. The first-order chi connectivity index (χ1) is 14.9. The standard InChI is InChI=1S/C22H19N5O4/c1-12-2-3-14-11-16(22(30)25-17(14)10-12)21-26-19(31-27-21)9-8-18(28)24-15-6-4-13(5-7-15)20(23)29/h2-7,10-11H,8-9H2,1H3,(H2,23,29)(H,24,28)(H,25,30). The minimum atomic E-state index is -0.537. The van der Waals surface area contributed by atoms with Crippen LogP contribution in [0.2, 0.25) is 0 Å². The van der Waals surface area contributed by atoms with Gasteiger partial charge in [0.15, 0.2) is 0 Å². The Hall–Kier alpha value is -4.27. The van der Waals surface area contributed by atoms with Crippen LogP contribution in [-0.2, 0) is 11.2 Å². The van der Waals surface area contributed by atoms with Crippen LogP contribution in [0.1, 0.15) is 28.2 Å². The van der Waals surface area contributed by atoms with Crippen molar-refractivity contribution in [3.63, 3.8) is 0 Å². The van der Waals surface area contributed by atoms with Crippen molar-refractivity contribution in [3.8, 4) is 11.4 Å². The van der Waals surface area contributed by atoms with Crippen LogP contribution in [-0.4, -0.2) is 26.9 Å². The number of nitrogens with two attached hydrogens (primary N) is 1. The Morgan fingerprint density at radius 3 is 2.65 bits per heavy atom. The molecule has 0 aliphatic rings. The molecule has 0 unspecified atom stereocenters. The molecule has 4 N–H and O–H groups in total. The third-order valence-electron chi connectivity index (χ3n) is 4.73. The SMILES string of the molecule is Cc1ccc2cc(-c3noc(CCC(=O)Nc4ccc(C(N)=O)cc4)n3)c(=O)[nH]c2c1. The number of primary amides is 1. The average molecular weight is 417 g/mol. The van der Waals surface area contributed by atoms with Gasteiger partial charge in [0.25, 0.3) is 5.56 Å². The zero-order valence-electron chi connectivity index (χ0n) is 16.6. The van der Waals surface area contributed by atoms with Gasteiger partial charge in [0.05, 0.1) is 5.56 Å². The number of pyridine rings is 1. The summed E-state index contributed by atoms with van der Waals surface area (Å²) in [5.74, 6) is -0.380. The summed E-state index contributed by atoms with van der Waals surface area (Å²) in [7, 11) is 0. The first kappa shape index (κ1) is 20.0. The summed E-state index contributed by atoms with van der Waals surface area (Å²) in [6, 6.07) is 13.7. The van der Waals surface area contributed by atoms with E-state index in [-0.39, 0.29) is 36.0 Å². The Morgan fingerprint density at radius 2 is 1.90 bits per heavy atom. The number of rotatable bonds is 6. The van der Waals surface area contributed by atoms with Gasteiger partial charge in [-0.3, -0.25) is 14.4 Å². The average Bonchev–Trinajstić information content (AvgIpc) is 3.21. The number of amides is 2. The number of aromatic nitrogens is 3. The molecule has 4 aromatic rings. The maximum atomic E-state index is 12.4. The lowest BCUT2D eigenvalue weighted by Gasteiger charge is -2.04. The van der Waals surface area contributed by atoms with E-state index in [1.165, 1.54) is 12.1 Å². The summed E-state index contributed by atoms with van der Waals surface area (Å²) in [5.41, 5.74) is 7.85. The van der Waals surface area contributed by atoms with Gasteiger partial charge in [-0.05, 0) is 54.3 Å². The molecule has 0 saturated carbocycles. The van der Waals surface area contributed by atoms with Crippen molar-refractivity contribution in [3.05, 3.63) is 75.9 Å². The Kier molecular flexibility index (Phi) is 5.31. The van der Waals surface area contributed by atoms with Crippen molar-refractivity contribution in [1.29, 1.82) is 0 Å². The first-order valence-electron chi connectivity index (χ1n) is 9.55. The third kappa shape index (κ3) is 4.50. The molecule has 0 aliphatic heterocycles. The van der Waals surface area contributed by atoms with Gasteiger partial charge >= 0.3 is 0 Å². The smallest absolute Gasteiger partial charge is 0.259 e. The van der Waals surface area contributed by atoms with E-state index in [9.17, 15) is 14.4 Å². The van der Waals surface area contributed by atoms with Crippen LogP contribution in [0, 0.1) is 6.92 Å². The number of carbonyl (C=O) groups is 2. The minimum Gasteiger partial charge on any atom is -0.366 e. The second-order valence-corrected chi connectivity index (χ2v) is 7.10. The Morgan fingerprint density at radius 1 is 1.13 bits per heavy atom. The molecule has 2 amide bonds. The predicted molar refractivity (Wildman–Crippen MR) is 115 cm³/mol. The quantitative estimate of drug-likeness (QED) is 0.440. The van der Waals surface area contributed by atoms with Crippen molar-refractivity contribution in [2.45, 2.75) is 19.8 Å². The second kappa shape index (κ2) is 8.23. The van der Waals surface area contributed by atoms with Gasteiger partial charge in [0, 0.05) is 29.6 Å². The third-order valence-corrected chi connectivity index (χ3v) is 4.73. The van der Waals surface area contributed by atoms with Crippen LogP contribution in [0.3, 0.4) is 0 Å². The van der Waals surface area contributed by atoms with Gasteiger partial charge < -0.3 is 20.6 Å². The maximum absolute atomic E-state index is 12.4. The highest BCUT2D eigenvalue weighted by Gasteiger charge is 2.14. The molecule has 4 rings (SSSR count). The van der Waals surface area contributed by atoms with E-state index < -0.39 is 5.91 Å². The number of anilines is 1. The molecule has 156 valence electrons. The highest BCUT2D eigenvalue weighted by atomic mass is 16.5. The van der Waals surface area contributed by atoms with Crippen LogP contribution in [0.4, 0.5) is 5.69 Å². The zero-order valence-corrected chi connectivity index (χ0v) is 16.6. The molecule has 2 heterocycles. The topological polar surface area (TPSA) is 144 Å². The van der Waals surface area contributed by atoms with Crippen molar-refractivity contribution < 1.29 is 14.1 Å². The summed E-state index contributed by atoms with van der Waals surface area (Å²) >= 11 is 0. The lowest BCUT2D eigenvalue weighted by Crippen LogP contribution is -2.13. The first-order valence-corrected chi connectivity index (χ1v) is 9.55. The summed E-state index contributed by atoms with van der Waals surface area (Å²) in [5, 5.41) is 7.45. The van der Waals surface area contributed by atoms with Crippen molar-refractivity contribution in [1.82, 2.24) is 15.1 Å². The van der Waals surface area contributed by atoms with Gasteiger partial charge in [-0.2, -0.15) is 4.98 Å². The van der Waals surface area contributed by atoms with E-state index in [1.54, 1.807) is 18.2 Å². The normalized spacial score (nSPS) is 10.9. The molecule has 9 nitrogen and oxygen atoms in total. The van der Waals surface area contributed by atoms with Crippen LogP contribution >= 0.6 is 0 Å². The van der Waals surface area contributed by atoms with E-state index >= 15 is 0 Å². The van der Waals surface area contributed by atoms with E-state index in [0.717, 1.165) is 16.5 Å². The molecule has 2 aromatic carbocycles. The van der Waals surface area contributed by atoms with Crippen molar-refractivity contribution >= 4 is 28.4 Å². The number of aryl methyl sites for hydroxylation is 2. The second-order valence-electron chi connectivity index (χ2n) is 7.10. The molecule has 0 radical (unpaired) electrons. The fourth-order valence-corrected chi connectivity index (χ4v) is 3.11. The largest absolute Gasteiger partial charge is 0.366 e. The number of hydrogen-bond acceptors (Lipinski definition) is 6. The van der Waals surface area contributed by atoms with Gasteiger partial charge in [-0.1, -0.05) is 17.3 Å². The summed E-state index contributed by atoms with van der Waals surface area (Å²) in [6.45, 7) is 1.95. The lowest BCUT2D eigenvalue weighted by molar-refractivity contribution is -0.116. The van der Waals surface area contributed by atoms with Crippen molar-refractivity contribution in [2.75, 3.05) is 5.32 Å². The Balaban J connectivity index is 1.42. The number of aromatic amines is 1. The molecule has 9 heteroatoms. The molecular formula is C22H19N5O4. The summed E-state index contributed by atoms with van der Waals surface area (Å²) in [6.07, 6.45) is 0.315. The summed E-state index contributed by atoms with van der Waals surface area (Å²) < 4.78 is 5.20. The highest BCUT2D eigenvalue weighted by molar-refractivity contribution is 5.94. The van der Waals surface area contributed by atoms with Gasteiger partial charge in [0.2, 0.25) is 23.5 Å². The number of nitrogens with zero attached hydrogens (tertiary/aromatic N) is 2. The maximum Gasteiger partial charge on any atom is 0.259 e. The molecule has 2 aromatic heterocycles. The molecule has 31 heavy (non-hydrogen) atoms.